The molecule has 5 heteroatoms. The lowest BCUT2D eigenvalue weighted by atomic mass is 10.1. The van der Waals surface area contributed by atoms with Crippen LogP contribution in [0.1, 0.15) is 46.3 Å². The molecule has 1 aromatic rings. The van der Waals surface area contributed by atoms with Gasteiger partial charge in [-0.05, 0) is 44.2 Å². The number of primary amides is 1. The summed E-state index contributed by atoms with van der Waals surface area (Å²) >= 11 is 1.48. The molecular formula is C13H17NO3S. The molecule has 0 saturated carbocycles. The van der Waals surface area contributed by atoms with Crippen molar-refractivity contribution in [2.45, 2.75) is 45.1 Å². The van der Waals surface area contributed by atoms with Gasteiger partial charge in [0.05, 0.1) is 0 Å². The van der Waals surface area contributed by atoms with E-state index in [0.29, 0.717) is 4.88 Å². The number of ether oxygens (including phenoxy) is 1. The van der Waals surface area contributed by atoms with Gasteiger partial charge < -0.3 is 10.5 Å². The molecule has 1 aliphatic rings. The summed E-state index contributed by atoms with van der Waals surface area (Å²) in [5, 5.41) is 0. The lowest BCUT2D eigenvalue weighted by molar-refractivity contribution is -0.125. The molecule has 0 radical (unpaired) electrons. The summed E-state index contributed by atoms with van der Waals surface area (Å²) in [6.45, 7) is 1.48. The van der Waals surface area contributed by atoms with Crippen molar-refractivity contribution in [3.8, 4) is 0 Å². The van der Waals surface area contributed by atoms with Crippen LogP contribution < -0.4 is 5.73 Å². The monoisotopic (exact) mass is 267 g/mol. The van der Waals surface area contributed by atoms with E-state index in [4.69, 9.17) is 10.5 Å². The average Bonchev–Trinajstić information content (AvgIpc) is 2.61. The van der Waals surface area contributed by atoms with Gasteiger partial charge >= 0.3 is 5.97 Å². The maximum Gasteiger partial charge on any atom is 0.349 e. The molecule has 2 rings (SSSR count). The first kappa shape index (κ1) is 13.1. The van der Waals surface area contributed by atoms with Gasteiger partial charge in [0.2, 0.25) is 0 Å². The highest BCUT2D eigenvalue weighted by atomic mass is 32.1. The van der Waals surface area contributed by atoms with Gasteiger partial charge in [0, 0.05) is 4.88 Å². The minimum absolute atomic E-state index is 0.445. The summed E-state index contributed by atoms with van der Waals surface area (Å²) in [4.78, 5) is 24.6. The Hall–Kier alpha value is -1.36. The molecule has 0 unspecified atom stereocenters. The maximum atomic E-state index is 11.8. The van der Waals surface area contributed by atoms with E-state index < -0.39 is 18.0 Å². The zero-order valence-corrected chi connectivity index (χ0v) is 11.2. The lowest BCUT2D eigenvalue weighted by Gasteiger charge is -2.07. The highest BCUT2D eigenvalue weighted by Gasteiger charge is 2.20. The number of hydrogen-bond donors (Lipinski definition) is 1. The quantitative estimate of drug-likeness (QED) is 0.673. The molecule has 0 spiro atoms. The van der Waals surface area contributed by atoms with E-state index in [0.717, 1.165) is 12.8 Å². The van der Waals surface area contributed by atoms with Crippen molar-refractivity contribution in [2.24, 2.45) is 5.73 Å². The first-order chi connectivity index (χ1) is 8.58. The molecular weight excluding hydrogens is 250 g/mol. The van der Waals surface area contributed by atoms with Crippen LogP contribution in [0.2, 0.25) is 0 Å². The largest absolute Gasteiger partial charge is 0.448 e. The van der Waals surface area contributed by atoms with Gasteiger partial charge in [-0.15, -0.1) is 11.3 Å². The predicted molar refractivity (Wildman–Crippen MR) is 69.6 cm³/mol. The summed E-state index contributed by atoms with van der Waals surface area (Å²) in [7, 11) is 0. The topological polar surface area (TPSA) is 69.4 Å². The summed E-state index contributed by atoms with van der Waals surface area (Å²) in [5.41, 5.74) is 6.33. The second kappa shape index (κ2) is 5.52. The van der Waals surface area contributed by atoms with Gasteiger partial charge in [-0.1, -0.05) is 6.42 Å². The number of hydrogen-bond acceptors (Lipinski definition) is 4. The number of aryl methyl sites for hydroxylation is 2. The second-order valence-electron chi connectivity index (χ2n) is 4.57. The van der Waals surface area contributed by atoms with Gasteiger partial charge in [-0.3, -0.25) is 4.79 Å². The molecule has 1 aromatic heterocycles. The van der Waals surface area contributed by atoms with Crippen molar-refractivity contribution in [2.75, 3.05) is 0 Å². The Balaban J connectivity index is 2.09. The maximum absolute atomic E-state index is 11.8. The van der Waals surface area contributed by atoms with Crippen molar-refractivity contribution in [3.63, 3.8) is 0 Å². The molecule has 18 heavy (non-hydrogen) atoms. The first-order valence-corrected chi connectivity index (χ1v) is 7.01. The zero-order valence-electron chi connectivity index (χ0n) is 10.4. The highest BCUT2D eigenvalue weighted by Crippen LogP contribution is 2.29. The Labute approximate surface area is 110 Å². The number of carbonyl (C=O) groups excluding carboxylic acids is 2. The Morgan fingerprint density at radius 1 is 1.33 bits per heavy atom. The number of nitrogens with two attached hydrogens (primary N) is 1. The molecule has 4 nitrogen and oxygen atoms in total. The number of thiophene rings is 1. The van der Waals surface area contributed by atoms with E-state index in [9.17, 15) is 9.59 Å². The summed E-state index contributed by atoms with van der Waals surface area (Å²) < 4.78 is 5.00. The van der Waals surface area contributed by atoms with Crippen molar-refractivity contribution < 1.29 is 14.3 Å². The number of rotatable bonds is 3. The van der Waals surface area contributed by atoms with Crippen molar-refractivity contribution >= 4 is 23.2 Å². The van der Waals surface area contributed by atoms with Crippen LogP contribution in [-0.4, -0.2) is 18.0 Å². The zero-order chi connectivity index (χ0) is 13.1. The summed E-state index contributed by atoms with van der Waals surface area (Å²) in [6.07, 6.45) is 4.80. The smallest absolute Gasteiger partial charge is 0.349 e. The van der Waals surface area contributed by atoms with Crippen LogP contribution in [-0.2, 0) is 22.4 Å². The third-order valence-corrected chi connectivity index (χ3v) is 4.35. The molecule has 0 aliphatic heterocycles. The Morgan fingerprint density at radius 3 is 2.78 bits per heavy atom. The molecule has 2 N–H and O–H groups in total. The fourth-order valence-corrected chi connectivity index (χ4v) is 3.18. The molecule has 1 amide bonds. The second-order valence-corrected chi connectivity index (χ2v) is 5.71. The number of esters is 1. The van der Waals surface area contributed by atoms with E-state index >= 15 is 0 Å². The third-order valence-electron chi connectivity index (χ3n) is 3.13. The molecule has 1 heterocycles. The molecule has 0 fully saturated rings. The Morgan fingerprint density at radius 2 is 2.06 bits per heavy atom. The number of carbonyl (C=O) groups is 2. The molecule has 0 bridgehead atoms. The number of amides is 1. The molecule has 1 aliphatic carbocycles. The van der Waals surface area contributed by atoms with E-state index in [1.165, 1.54) is 48.0 Å². The van der Waals surface area contributed by atoms with Crippen LogP contribution in [0.15, 0.2) is 6.07 Å². The molecule has 0 saturated heterocycles. The van der Waals surface area contributed by atoms with Crippen LogP contribution in [0, 0.1) is 0 Å². The summed E-state index contributed by atoms with van der Waals surface area (Å²) in [6, 6.07) is 1.90. The fourth-order valence-electron chi connectivity index (χ4n) is 2.04. The Kier molecular flexibility index (Phi) is 4.01. The minimum atomic E-state index is -0.876. The van der Waals surface area contributed by atoms with Crippen molar-refractivity contribution in [1.29, 1.82) is 0 Å². The van der Waals surface area contributed by atoms with E-state index in [1.54, 1.807) is 0 Å². The van der Waals surface area contributed by atoms with E-state index in [-0.39, 0.29) is 0 Å². The van der Waals surface area contributed by atoms with E-state index in [2.05, 4.69) is 0 Å². The minimum Gasteiger partial charge on any atom is -0.448 e. The molecule has 1 atom stereocenters. The van der Waals surface area contributed by atoms with Crippen LogP contribution in [0.4, 0.5) is 0 Å². The fraction of sp³-hybridized carbons (Fsp3) is 0.538. The predicted octanol–water partition coefficient (Wildman–Crippen LogP) is 2.05. The summed E-state index contributed by atoms with van der Waals surface area (Å²) in [5.74, 6) is -1.07. The Bertz CT molecular complexity index is 443. The van der Waals surface area contributed by atoms with Gasteiger partial charge in [-0.25, -0.2) is 4.79 Å². The van der Waals surface area contributed by atoms with Gasteiger partial charge in [0.1, 0.15) is 4.88 Å². The molecule has 0 aromatic carbocycles. The van der Waals surface area contributed by atoms with Crippen molar-refractivity contribution in [1.82, 2.24) is 0 Å². The van der Waals surface area contributed by atoms with Crippen LogP contribution in [0.3, 0.4) is 0 Å². The third kappa shape index (κ3) is 2.90. The van der Waals surface area contributed by atoms with Gasteiger partial charge in [0.25, 0.3) is 5.91 Å². The van der Waals surface area contributed by atoms with Crippen molar-refractivity contribution in [3.05, 3.63) is 21.4 Å². The average molecular weight is 267 g/mol. The normalized spacial score (nSPS) is 16.5. The highest BCUT2D eigenvalue weighted by molar-refractivity contribution is 7.14. The standard InChI is InChI=1S/C13H17NO3S/c1-8(12(14)15)17-13(16)11-7-9-5-3-2-4-6-10(9)18-11/h7-8H,2-6H2,1H3,(H2,14,15)/t8-/m1/s1. The lowest BCUT2D eigenvalue weighted by Crippen LogP contribution is -2.30. The van der Waals surface area contributed by atoms with Crippen LogP contribution >= 0.6 is 11.3 Å². The van der Waals surface area contributed by atoms with Gasteiger partial charge in [-0.2, -0.15) is 0 Å². The molecule has 98 valence electrons. The number of fused-ring (bicyclic) bond motifs is 1. The van der Waals surface area contributed by atoms with Crippen LogP contribution in [0.5, 0.6) is 0 Å². The first-order valence-electron chi connectivity index (χ1n) is 6.20. The van der Waals surface area contributed by atoms with Crippen LogP contribution in [0.25, 0.3) is 0 Å². The van der Waals surface area contributed by atoms with Gasteiger partial charge in [0.15, 0.2) is 6.10 Å². The SMILES string of the molecule is C[C@@H](OC(=O)c1cc2c(s1)CCCCC2)C(N)=O. The van der Waals surface area contributed by atoms with E-state index in [1.807, 2.05) is 6.07 Å².